The molecule has 2 heterocycles. The van der Waals surface area contributed by atoms with Gasteiger partial charge < -0.3 is 5.32 Å². The maximum absolute atomic E-state index is 4.74. The minimum absolute atomic E-state index is 0.554. The van der Waals surface area contributed by atoms with Crippen LogP contribution < -0.4 is 5.32 Å². The Kier molecular flexibility index (Phi) is 3.43. The fraction of sp³-hybridized carbons (Fsp3) is 0.615. The van der Waals surface area contributed by atoms with Crippen molar-refractivity contribution in [2.75, 3.05) is 12.3 Å². The molecular formula is C13H18N2S2. The molecule has 3 rings (SSSR count). The van der Waals surface area contributed by atoms with Crippen molar-refractivity contribution < 1.29 is 0 Å². The Balaban J connectivity index is 1.54. The first kappa shape index (κ1) is 11.6. The average Bonchev–Trinajstić information content (AvgIpc) is 3.01. The molecule has 4 heteroatoms. The van der Waals surface area contributed by atoms with E-state index >= 15 is 0 Å². The summed E-state index contributed by atoms with van der Waals surface area (Å²) in [6, 6.07) is 4.27. The van der Waals surface area contributed by atoms with E-state index in [-0.39, 0.29) is 0 Å². The van der Waals surface area contributed by atoms with Crippen molar-refractivity contribution in [3.63, 3.8) is 0 Å². The van der Waals surface area contributed by atoms with Gasteiger partial charge in [-0.1, -0.05) is 30.7 Å². The van der Waals surface area contributed by atoms with Gasteiger partial charge in [0.2, 0.25) is 0 Å². The zero-order chi connectivity index (χ0) is 11.6. The lowest BCUT2D eigenvalue weighted by molar-refractivity contribution is 0.358. The van der Waals surface area contributed by atoms with Crippen LogP contribution in [0.1, 0.15) is 30.6 Å². The molecule has 0 bridgehead atoms. The van der Waals surface area contributed by atoms with Gasteiger partial charge >= 0.3 is 0 Å². The van der Waals surface area contributed by atoms with Crippen LogP contribution in [0.25, 0.3) is 0 Å². The van der Waals surface area contributed by atoms with Gasteiger partial charge in [-0.05, 0) is 29.7 Å². The summed E-state index contributed by atoms with van der Waals surface area (Å²) in [5, 5.41) is 6.73. The van der Waals surface area contributed by atoms with Crippen LogP contribution >= 0.6 is 23.1 Å². The molecule has 0 unspecified atom stereocenters. The number of amidine groups is 1. The van der Waals surface area contributed by atoms with Crippen molar-refractivity contribution in [3.8, 4) is 0 Å². The molecule has 1 saturated carbocycles. The third-order valence-corrected chi connectivity index (χ3v) is 5.91. The molecule has 17 heavy (non-hydrogen) atoms. The van der Waals surface area contributed by atoms with E-state index in [1.54, 1.807) is 11.3 Å². The first-order valence-electron chi connectivity index (χ1n) is 6.30. The van der Waals surface area contributed by atoms with Crippen molar-refractivity contribution in [2.45, 2.75) is 32.2 Å². The van der Waals surface area contributed by atoms with Crippen molar-refractivity contribution >= 4 is 28.3 Å². The Labute approximate surface area is 111 Å². The van der Waals surface area contributed by atoms with Gasteiger partial charge in [0.05, 0.1) is 6.54 Å². The molecule has 1 fully saturated rings. The Hall–Kier alpha value is -0.480. The van der Waals surface area contributed by atoms with E-state index < -0.39 is 0 Å². The summed E-state index contributed by atoms with van der Waals surface area (Å²) in [4.78, 5) is 6.12. The van der Waals surface area contributed by atoms with Gasteiger partial charge in [0.1, 0.15) is 0 Å². The summed E-state index contributed by atoms with van der Waals surface area (Å²) in [6.07, 6.45) is 5.60. The van der Waals surface area contributed by atoms with Crippen LogP contribution in [0.4, 0.5) is 0 Å². The van der Waals surface area contributed by atoms with Gasteiger partial charge in [0.15, 0.2) is 5.17 Å². The van der Waals surface area contributed by atoms with Crippen molar-refractivity contribution in [2.24, 2.45) is 10.4 Å². The van der Waals surface area contributed by atoms with E-state index in [4.69, 9.17) is 4.99 Å². The van der Waals surface area contributed by atoms with Crippen LogP contribution in [-0.4, -0.2) is 17.5 Å². The highest BCUT2D eigenvalue weighted by Gasteiger charge is 2.36. The molecule has 0 radical (unpaired) electrons. The van der Waals surface area contributed by atoms with Gasteiger partial charge in [-0.2, -0.15) is 0 Å². The molecule has 1 aromatic heterocycles. The maximum Gasteiger partial charge on any atom is 0.156 e. The molecule has 0 amide bonds. The second-order valence-corrected chi connectivity index (χ2v) is 7.05. The number of hydrogen-bond acceptors (Lipinski definition) is 4. The third-order valence-electron chi connectivity index (χ3n) is 3.73. The highest BCUT2D eigenvalue weighted by atomic mass is 32.2. The number of thioether (sulfide) groups is 1. The summed E-state index contributed by atoms with van der Waals surface area (Å²) in [7, 11) is 0. The Morgan fingerprint density at radius 2 is 2.24 bits per heavy atom. The largest absolute Gasteiger partial charge is 0.360 e. The summed E-state index contributed by atoms with van der Waals surface area (Å²) < 4.78 is 0. The number of aliphatic imine (C=N–C) groups is 1. The van der Waals surface area contributed by atoms with E-state index in [9.17, 15) is 0 Å². The molecule has 2 nitrogen and oxygen atoms in total. The highest BCUT2D eigenvalue weighted by Crippen LogP contribution is 2.43. The van der Waals surface area contributed by atoms with Crippen LogP contribution in [0, 0.1) is 5.41 Å². The number of thiophene rings is 1. The normalized spacial score (nSPS) is 22.7. The van der Waals surface area contributed by atoms with Crippen molar-refractivity contribution in [1.29, 1.82) is 0 Å². The molecule has 1 aliphatic heterocycles. The zero-order valence-electron chi connectivity index (χ0n) is 9.95. The summed E-state index contributed by atoms with van der Waals surface area (Å²) in [5.74, 6) is 1.27. The highest BCUT2D eigenvalue weighted by molar-refractivity contribution is 8.13. The zero-order valence-corrected chi connectivity index (χ0v) is 11.6. The maximum atomic E-state index is 4.74. The Morgan fingerprint density at radius 1 is 1.35 bits per heavy atom. The topological polar surface area (TPSA) is 24.4 Å². The van der Waals surface area contributed by atoms with Crippen LogP contribution in [0.15, 0.2) is 22.5 Å². The van der Waals surface area contributed by atoms with Gasteiger partial charge in [0, 0.05) is 17.2 Å². The number of rotatable bonds is 2. The molecule has 92 valence electrons. The molecule has 1 aliphatic carbocycles. The average molecular weight is 266 g/mol. The Morgan fingerprint density at radius 3 is 2.88 bits per heavy atom. The van der Waals surface area contributed by atoms with E-state index in [0.717, 1.165) is 18.3 Å². The molecule has 0 atom stereocenters. The van der Waals surface area contributed by atoms with Crippen molar-refractivity contribution in [1.82, 2.24) is 5.32 Å². The Bertz CT molecular complexity index is 392. The summed E-state index contributed by atoms with van der Waals surface area (Å²) in [6.45, 7) is 1.98. The monoisotopic (exact) mass is 266 g/mol. The van der Waals surface area contributed by atoms with Gasteiger partial charge in [-0.3, -0.25) is 4.99 Å². The quantitative estimate of drug-likeness (QED) is 0.886. The number of hydrogen-bond donors (Lipinski definition) is 1. The van der Waals surface area contributed by atoms with E-state index in [0.29, 0.717) is 5.41 Å². The lowest BCUT2D eigenvalue weighted by atomic mass is 9.89. The predicted octanol–water partition coefficient (Wildman–Crippen LogP) is 3.50. The minimum atomic E-state index is 0.554. The second kappa shape index (κ2) is 5.02. The second-order valence-electron chi connectivity index (χ2n) is 5.05. The lowest BCUT2D eigenvalue weighted by Gasteiger charge is -2.31. The SMILES string of the molecule is c1csc(CNC2=NCC3(CCCC3)CS2)c1. The molecule has 1 spiro atoms. The molecule has 2 aliphatic rings. The lowest BCUT2D eigenvalue weighted by Crippen LogP contribution is -2.33. The summed E-state index contributed by atoms with van der Waals surface area (Å²) in [5.41, 5.74) is 0.554. The third kappa shape index (κ3) is 2.68. The first-order chi connectivity index (χ1) is 8.36. The van der Waals surface area contributed by atoms with E-state index in [1.165, 1.54) is 36.3 Å². The van der Waals surface area contributed by atoms with Crippen molar-refractivity contribution in [3.05, 3.63) is 22.4 Å². The molecule has 0 aromatic carbocycles. The molecular weight excluding hydrogens is 248 g/mol. The number of nitrogens with zero attached hydrogens (tertiary/aromatic N) is 1. The fourth-order valence-corrected chi connectivity index (χ4v) is 4.46. The van der Waals surface area contributed by atoms with E-state index in [1.807, 2.05) is 11.8 Å². The van der Waals surface area contributed by atoms with E-state index in [2.05, 4.69) is 22.8 Å². The van der Waals surface area contributed by atoms with Gasteiger partial charge in [-0.25, -0.2) is 0 Å². The first-order valence-corrected chi connectivity index (χ1v) is 8.16. The molecule has 1 N–H and O–H groups in total. The standard InChI is InChI=1S/C13H18N2S2/c1-2-6-13(5-1)9-15-12(17-10-13)14-8-11-4-3-7-16-11/h3-4,7H,1-2,5-6,8-10H2,(H,14,15). The number of nitrogens with one attached hydrogen (secondary N) is 1. The summed E-state index contributed by atoms with van der Waals surface area (Å²) >= 11 is 3.73. The van der Waals surface area contributed by atoms with Gasteiger partial charge in [0.25, 0.3) is 0 Å². The van der Waals surface area contributed by atoms with Crippen LogP contribution in [0.2, 0.25) is 0 Å². The van der Waals surface area contributed by atoms with Gasteiger partial charge in [-0.15, -0.1) is 11.3 Å². The van der Waals surface area contributed by atoms with Crippen LogP contribution in [-0.2, 0) is 6.54 Å². The molecule has 1 aromatic rings. The fourth-order valence-electron chi connectivity index (χ4n) is 2.66. The minimum Gasteiger partial charge on any atom is -0.360 e. The molecule has 0 saturated heterocycles. The smallest absolute Gasteiger partial charge is 0.156 e. The predicted molar refractivity (Wildman–Crippen MR) is 76.8 cm³/mol. The van der Waals surface area contributed by atoms with Crippen LogP contribution in [0.5, 0.6) is 0 Å². The van der Waals surface area contributed by atoms with Crippen LogP contribution in [0.3, 0.4) is 0 Å².